The second kappa shape index (κ2) is 9.56. The van der Waals surface area contributed by atoms with Crippen LogP contribution in [0.3, 0.4) is 0 Å². The number of carbonyl (C=O) groups excluding carboxylic acids is 2. The highest BCUT2D eigenvalue weighted by molar-refractivity contribution is 5.95. The molecule has 144 valence electrons. The third kappa shape index (κ3) is 5.99. The number of amides is 3. The molecule has 7 heteroatoms. The fourth-order valence-electron chi connectivity index (χ4n) is 2.51. The molecule has 2 aromatic rings. The molecule has 0 atom stereocenters. The number of carbonyl (C=O) groups is 2. The lowest BCUT2D eigenvalue weighted by Gasteiger charge is -2.15. The Morgan fingerprint density at radius 1 is 1.11 bits per heavy atom. The standard InChI is InChI=1S/C20H27N5O2/c1-5-7-19(26)23-16-8-6-9-17(14(16)2)24-20(27)22-13-15-10-11-21-18(12-15)25(3)4/h6,8-12H,5,7,13H2,1-4H3,(H,23,26)(H2,22,24,27). The topological polar surface area (TPSA) is 86.4 Å². The van der Waals surface area contributed by atoms with Crippen LogP contribution >= 0.6 is 0 Å². The summed E-state index contributed by atoms with van der Waals surface area (Å²) in [7, 11) is 3.84. The SMILES string of the molecule is CCCC(=O)Nc1cccc(NC(=O)NCc2ccnc(N(C)C)c2)c1C. The van der Waals surface area contributed by atoms with Crippen LogP contribution in [0.4, 0.5) is 22.0 Å². The van der Waals surface area contributed by atoms with Gasteiger partial charge >= 0.3 is 6.03 Å². The lowest BCUT2D eigenvalue weighted by Crippen LogP contribution is -2.28. The van der Waals surface area contributed by atoms with Crippen LogP contribution in [0.15, 0.2) is 36.5 Å². The van der Waals surface area contributed by atoms with Crippen LogP contribution < -0.4 is 20.9 Å². The van der Waals surface area contributed by atoms with Crippen molar-refractivity contribution < 1.29 is 9.59 Å². The number of nitrogens with zero attached hydrogens (tertiary/aromatic N) is 2. The van der Waals surface area contributed by atoms with Crippen LogP contribution in [0.1, 0.15) is 30.9 Å². The number of benzene rings is 1. The number of pyridine rings is 1. The van der Waals surface area contributed by atoms with E-state index >= 15 is 0 Å². The van der Waals surface area contributed by atoms with E-state index in [1.54, 1.807) is 18.3 Å². The van der Waals surface area contributed by atoms with E-state index in [9.17, 15) is 9.59 Å². The first-order valence-electron chi connectivity index (χ1n) is 8.97. The zero-order chi connectivity index (χ0) is 19.8. The van der Waals surface area contributed by atoms with Crippen molar-refractivity contribution in [3.63, 3.8) is 0 Å². The zero-order valence-electron chi connectivity index (χ0n) is 16.3. The molecule has 0 radical (unpaired) electrons. The lowest BCUT2D eigenvalue weighted by molar-refractivity contribution is -0.116. The molecular formula is C20H27N5O2. The van der Waals surface area contributed by atoms with Crippen LogP contribution in [0.25, 0.3) is 0 Å². The van der Waals surface area contributed by atoms with Crippen LogP contribution in [0.5, 0.6) is 0 Å². The van der Waals surface area contributed by atoms with E-state index in [1.165, 1.54) is 0 Å². The molecule has 0 unspecified atom stereocenters. The first kappa shape index (κ1) is 20.2. The summed E-state index contributed by atoms with van der Waals surface area (Å²) in [6, 6.07) is 8.92. The van der Waals surface area contributed by atoms with Crippen LogP contribution in [0, 0.1) is 6.92 Å². The molecular weight excluding hydrogens is 342 g/mol. The van der Waals surface area contributed by atoms with Crippen molar-refractivity contribution in [1.29, 1.82) is 0 Å². The fourth-order valence-corrected chi connectivity index (χ4v) is 2.51. The van der Waals surface area contributed by atoms with E-state index in [0.29, 0.717) is 24.3 Å². The van der Waals surface area contributed by atoms with Gasteiger partial charge in [0.05, 0.1) is 0 Å². The molecule has 1 aromatic carbocycles. The fraction of sp³-hybridized carbons (Fsp3) is 0.350. The van der Waals surface area contributed by atoms with E-state index < -0.39 is 0 Å². The zero-order valence-corrected chi connectivity index (χ0v) is 16.3. The molecule has 3 amide bonds. The Morgan fingerprint density at radius 3 is 2.48 bits per heavy atom. The van der Waals surface area contributed by atoms with Gasteiger partial charge in [-0.3, -0.25) is 4.79 Å². The maximum absolute atomic E-state index is 12.3. The van der Waals surface area contributed by atoms with E-state index in [0.717, 1.165) is 23.4 Å². The van der Waals surface area contributed by atoms with Gasteiger partial charge in [0.2, 0.25) is 5.91 Å². The molecule has 27 heavy (non-hydrogen) atoms. The number of aromatic nitrogens is 1. The van der Waals surface area contributed by atoms with Crippen LogP contribution in [0.2, 0.25) is 0 Å². The molecule has 3 N–H and O–H groups in total. The van der Waals surface area contributed by atoms with Crippen molar-refractivity contribution in [3.05, 3.63) is 47.7 Å². The van der Waals surface area contributed by atoms with E-state index in [1.807, 2.05) is 51.0 Å². The summed E-state index contributed by atoms with van der Waals surface area (Å²) in [6.07, 6.45) is 2.98. The summed E-state index contributed by atoms with van der Waals surface area (Å²) in [6.45, 7) is 4.21. The highest BCUT2D eigenvalue weighted by Gasteiger charge is 2.10. The average molecular weight is 369 g/mol. The largest absolute Gasteiger partial charge is 0.363 e. The molecule has 0 saturated heterocycles. The number of rotatable bonds is 7. The maximum atomic E-state index is 12.3. The summed E-state index contributed by atoms with van der Waals surface area (Å²) >= 11 is 0. The minimum Gasteiger partial charge on any atom is -0.363 e. The predicted octanol–water partition coefficient (Wildman–Crippen LogP) is 3.52. The Labute approximate surface area is 160 Å². The molecule has 0 aliphatic rings. The molecule has 1 heterocycles. The van der Waals surface area contributed by atoms with Crippen LogP contribution in [-0.2, 0) is 11.3 Å². The summed E-state index contributed by atoms with van der Waals surface area (Å²) in [5, 5.41) is 8.55. The Hall–Kier alpha value is -3.09. The van der Waals surface area contributed by atoms with Crippen molar-refractivity contribution >= 4 is 29.1 Å². The smallest absolute Gasteiger partial charge is 0.319 e. The first-order valence-corrected chi connectivity index (χ1v) is 8.97. The first-order chi connectivity index (χ1) is 12.9. The number of hydrogen-bond donors (Lipinski definition) is 3. The monoisotopic (exact) mass is 369 g/mol. The summed E-state index contributed by atoms with van der Waals surface area (Å²) in [5.74, 6) is 0.803. The molecule has 0 aliphatic heterocycles. The molecule has 0 bridgehead atoms. The van der Waals surface area contributed by atoms with Gasteiger partial charge in [0, 0.05) is 44.6 Å². The van der Waals surface area contributed by atoms with Gasteiger partial charge in [-0.25, -0.2) is 9.78 Å². The van der Waals surface area contributed by atoms with E-state index in [-0.39, 0.29) is 11.9 Å². The second-order valence-corrected chi connectivity index (χ2v) is 6.50. The maximum Gasteiger partial charge on any atom is 0.319 e. The van der Waals surface area contributed by atoms with Gasteiger partial charge in [-0.2, -0.15) is 0 Å². The quantitative estimate of drug-likeness (QED) is 0.697. The Balaban J connectivity index is 1.97. The molecule has 7 nitrogen and oxygen atoms in total. The summed E-state index contributed by atoms with van der Waals surface area (Å²) in [5.41, 5.74) is 3.14. The predicted molar refractivity (Wildman–Crippen MR) is 109 cm³/mol. The van der Waals surface area contributed by atoms with Gasteiger partial charge in [0.1, 0.15) is 5.82 Å². The van der Waals surface area contributed by atoms with Gasteiger partial charge in [0.25, 0.3) is 0 Å². The van der Waals surface area contributed by atoms with Crippen molar-refractivity contribution in [2.45, 2.75) is 33.2 Å². The van der Waals surface area contributed by atoms with Gasteiger partial charge in [-0.05, 0) is 48.7 Å². The Bertz CT molecular complexity index is 805. The molecule has 2 rings (SSSR count). The normalized spacial score (nSPS) is 10.2. The van der Waals surface area contributed by atoms with Gasteiger partial charge in [-0.15, -0.1) is 0 Å². The highest BCUT2D eigenvalue weighted by Crippen LogP contribution is 2.23. The lowest BCUT2D eigenvalue weighted by atomic mass is 10.1. The third-order valence-corrected chi connectivity index (χ3v) is 4.05. The highest BCUT2D eigenvalue weighted by atomic mass is 16.2. The number of anilines is 3. The number of nitrogens with one attached hydrogen (secondary N) is 3. The summed E-state index contributed by atoms with van der Waals surface area (Å²) < 4.78 is 0. The number of hydrogen-bond acceptors (Lipinski definition) is 4. The van der Waals surface area contributed by atoms with E-state index in [4.69, 9.17) is 0 Å². The van der Waals surface area contributed by atoms with Crippen molar-refractivity contribution in [2.75, 3.05) is 29.6 Å². The Kier molecular flexibility index (Phi) is 7.16. The van der Waals surface area contributed by atoms with E-state index in [2.05, 4.69) is 20.9 Å². The average Bonchev–Trinajstić information content (AvgIpc) is 2.64. The van der Waals surface area contributed by atoms with Crippen molar-refractivity contribution in [1.82, 2.24) is 10.3 Å². The molecule has 0 saturated carbocycles. The van der Waals surface area contributed by atoms with Gasteiger partial charge in [-0.1, -0.05) is 13.0 Å². The second-order valence-electron chi connectivity index (χ2n) is 6.50. The van der Waals surface area contributed by atoms with Crippen LogP contribution in [-0.4, -0.2) is 31.0 Å². The Morgan fingerprint density at radius 2 is 1.81 bits per heavy atom. The molecule has 0 fully saturated rings. The van der Waals surface area contributed by atoms with Gasteiger partial charge in [0.15, 0.2) is 0 Å². The van der Waals surface area contributed by atoms with Crippen molar-refractivity contribution in [2.24, 2.45) is 0 Å². The molecule has 0 spiro atoms. The van der Waals surface area contributed by atoms with Gasteiger partial charge < -0.3 is 20.9 Å². The summed E-state index contributed by atoms with van der Waals surface area (Å²) in [4.78, 5) is 30.2. The minimum atomic E-state index is -0.307. The third-order valence-electron chi connectivity index (χ3n) is 4.05. The minimum absolute atomic E-state index is 0.0309. The number of urea groups is 1. The molecule has 0 aliphatic carbocycles. The molecule has 1 aromatic heterocycles. The van der Waals surface area contributed by atoms with Crippen molar-refractivity contribution in [3.8, 4) is 0 Å².